The van der Waals surface area contributed by atoms with Crippen molar-refractivity contribution >= 4 is 47.8 Å². The van der Waals surface area contributed by atoms with Gasteiger partial charge in [0.1, 0.15) is 10.4 Å². The lowest BCUT2D eigenvalue weighted by molar-refractivity contribution is 0.253. The van der Waals surface area contributed by atoms with Gasteiger partial charge in [0, 0.05) is 0 Å². The van der Waals surface area contributed by atoms with E-state index in [1.807, 2.05) is 0 Å². The Morgan fingerprint density at radius 2 is 1.88 bits per heavy atom. The lowest BCUT2D eigenvalue weighted by atomic mass is 10.5. The molecule has 0 rings (SSSR count). The molecule has 8 heavy (non-hydrogen) atoms. The molecule has 0 amide bonds. The van der Waals surface area contributed by atoms with Crippen LogP contribution in [-0.2, 0) is 0 Å². The summed E-state index contributed by atoms with van der Waals surface area (Å²) >= 11 is 8.13. The van der Waals surface area contributed by atoms with Crippen LogP contribution in [-0.4, -0.2) is 15.0 Å². The number of halogens is 5. The second-order valence-electron chi connectivity index (χ2n) is 1.20. The molecule has 50 valence electrons. The van der Waals surface area contributed by atoms with Crippen LogP contribution in [0.5, 0.6) is 0 Å². The highest BCUT2D eigenvalue weighted by molar-refractivity contribution is 9.25. The summed E-state index contributed by atoms with van der Waals surface area (Å²) in [6, 6.07) is 0. The van der Waals surface area contributed by atoms with Crippen molar-refractivity contribution in [3.63, 3.8) is 0 Å². The quantitative estimate of drug-likeness (QED) is 0.687. The zero-order valence-corrected chi connectivity index (χ0v) is 8.43. The molecule has 0 aliphatic rings. The molecule has 0 aromatic carbocycles. The Hall–Kier alpha value is 1.30. The molecule has 1 atom stereocenters. The van der Waals surface area contributed by atoms with Crippen LogP contribution < -0.4 is 0 Å². The van der Waals surface area contributed by atoms with Gasteiger partial charge in [-0.05, 0) is 15.9 Å². The molecule has 0 aromatic rings. The summed E-state index contributed by atoms with van der Waals surface area (Å²) in [4.78, 5) is 0. The number of rotatable bonds is 2. The molecule has 0 bridgehead atoms. The van der Waals surface area contributed by atoms with E-state index in [9.17, 15) is 8.78 Å². The van der Waals surface area contributed by atoms with Gasteiger partial charge >= 0.3 is 0 Å². The van der Waals surface area contributed by atoms with Crippen molar-refractivity contribution in [3.8, 4) is 0 Å². The molecule has 0 nitrogen and oxygen atoms in total. The van der Waals surface area contributed by atoms with E-state index in [2.05, 4.69) is 47.8 Å². The molecule has 0 saturated heterocycles. The monoisotopic (exact) mass is 314 g/mol. The number of alkyl halides is 5. The highest BCUT2D eigenvalue weighted by Gasteiger charge is 2.32. The van der Waals surface area contributed by atoms with Gasteiger partial charge in [0.25, 0.3) is 0 Å². The van der Waals surface area contributed by atoms with Crippen molar-refractivity contribution < 1.29 is 8.78 Å². The third-order valence-corrected chi connectivity index (χ3v) is 3.85. The summed E-state index contributed by atoms with van der Waals surface area (Å²) in [5.41, 5.74) is 0. The minimum Gasteiger partial charge on any atom is -0.247 e. The summed E-state index contributed by atoms with van der Waals surface area (Å²) in [5, 5.41) is 0. The maximum atomic E-state index is 12.4. The van der Waals surface area contributed by atoms with Crippen LogP contribution in [0.1, 0.15) is 0 Å². The average Bonchev–Trinajstić information content (AvgIpc) is 1.67. The molecule has 0 spiro atoms. The molecule has 0 aromatic heterocycles. The van der Waals surface area contributed by atoms with Crippen LogP contribution in [0.15, 0.2) is 0 Å². The van der Waals surface area contributed by atoms with E-state index in [0.717, 1.165) is 0 Å². The van der Waals surface area contributed by atoms with E-state index >= 15 is 0 Å². The van der Waals surface area contributed by atoms with E-state index in [-0.39, 0.29) is 0 Å². The Morgan fingerprint density at radius 1 is 1.50 bits per heavy atom. The minimum absolute atomic E-state index is 0.688. The fourth-order valence-corrected chi connectivity index (χ4v) is 0.303. The van der Waals surface area contributed by atoms with Crippen LogP contribution in [0.3, 0.4) is 0 Å². The maximum Gasteiger partial charge on any atom is 0.215 e. The molecule has 0 N–H and O–H groups in total. The normalized spacial score (nSPS) is 18.8. The van der Waals surface area contributed by atoms with Crippen LogP contribution >= 0.6 is 47.8 Å². The topological polar surface area (TPSA) is 0 Å². The molecular weight excluding hydrogens is 314 g/mol. The van der Waals surface area contributed by atoms with E-state index in [4.69, 9.17) is 0 Å². The molecule has 0 fully saturated rings. The van der Waals surface area contributed by atoms with Gasteiger partial charge in [-0.3, -0.25) is 0 Å². The summed E-state index contributed by atoms with van der Waals surface area (Å²) in [6.07, 6.45) is 0. The lowest BCUT2D eigenvalue weighted by Gasteiger charge is -2.14. The second kappa shape index (κ2) is 3.46. The molecule has 5 heteroatoms. The number of hydrogen-bond donors (Lipinski definition) is 0. The summed E-state index contributed by atoms with van der Waals surface area (Å²) < 4.78 is 21.3. The van der Waals surface area contributed by atoms with Crippen molar-refractivity contribution in [1.82, 2.24) is 0 Å². The van der Waals surface area contributed by atoms with Crippen LogP contribution in [0, 0.1) is 0 Å². The maximum absolute atomic E-state index is 12.4. The Kier molecular flexibility index (Phi) is 4.03. The fourth-order valence-electron chi connectivity index (χ4n) is 0.0583. The first-order chi connectivity index (χ1) is 3.50. The summed E-state index contributed by atoms with van der Waals surface area (Å²) in [6.45, 7) is -1.06. The third-order valence-electron chi connectivity index (χ3n) is 0.497. The van der Waals surface area contributed by atoms with Gasteiger partial charge in [0.15, 0.2) is 0 Å². The second-order valence-corrected chi connectivity index (χ2v) is 5.57. The van der Waals surface area contributed by atoms with E-state index in [1.165, 1.54) is 0 Å². The van der Waals surface area contributed by atoms with Crippen molar-refractivity contribution in [2.75, 3.05) is 6.67 Å². The molecule has 0 radical (unpaired) electrons. The van der Waals surface area contributed by atoms with Crippen molar-refractivity contribution in [3.05, 3.63) is 0 Å². The average molecular weight is 317 g/mol. The first kappa shape index (κ1) is 9.30. The predicted molar refractivity (Wildman–Crippen MR) is 40.4 cm³/mol. The van der Waals surface area contributed by atoms with Crippen LogP contribution in [0.4, 0.5) is 8.78 Å². The molecule has 0 aliphatic heterocycles. The largest absolute Gasteiger partial charge is 0.247 e. The first-order valence-corrected chi connectivity index (χ1v) is 4.35. The van der Waals surface area contributed by atoms with Gasteiger partial charge in [-0.2, -0.15) is 0 Å². The summed E-state index contributed by atoms with van der Waals surface area (Å²) in [7, 11) is 0. The van der Waals surface area contributed by atoms with Gasteiger partial charge in [0.2, 0.25) is 4.58 Å². The predicted octanol–water partition coefficient (Wildman–Crippen LogP) is 3.13. The van der Waals surface area contributed by atoms with Crippen LogP contribution in [0.25, 0.3) is 0 Å². The zero-order chi connectivity index (χ0) is 6.78. The SMILES string of the molecule is FCC(F)(Br)C(Br)Br. The Balaban J connectivity index is 3.71. The van der Waals surface area contributed by atoms with Crippen molar-refractivity contribution in [1.29, 1.82) is 0 Å². The fraction of sp³-hybridized carbons (Fsp3) is 1.00. The van der Waals surface area contributed by atoms with Gasteiger partial charge in [-0.1, -0.05) is 31.9 Å². The van der Waals surface area contributed by atoms with Crippen molar-refractivity contribution in [2.24, 2.45) is 0 Å². The third kappa shape index (κ3) is 2.73. The standard InChI is InChI=1S/C3H3Br3F2/c4-2(5)3(6,8)1-7/h2H,1H2. The van der Waals surface area contributed by atoms with Gasteiger partial charge in [-0.25, -0.2) is 8.78 Å². The van der Waals surface area contributed by atoms with E-state index < -0.39 is 15.0 Å². The smallest absolute Gasteiger partial charge is 0.215 e. The summed E-state index contributed by atoms with van der Waals surface area (Å²) in [5.74, 6) is 0. The Bertz CT molecular complexity index is 72.9. The van der Waals surface area contributed by atoms with Gasteiger partial charge < -0.3 is 0 Å². The van der Waals surface area contributed by atoms with Gasteiger partial charge in [0.05, 0.1) is 0 Å². The molecule has 0 heterocycles. The molecular formula is C3H3Br3F2. The highest BCUT2D eigenvalue weighted by Crippen LogP contribution is 2.33. The van der Waals surface area contributed by atoms with Crippen molar-refractivity contribution in [2.45, 2.75) is 8.31 Å². The molecule has 1 unspecified atom stereocenters. The van der Waals surface area contributed by atoms with E-state index in [1.54, 1.807) is 0 Å². The lowest BCUT2D eigenvalue weighted by Crippen LogP contribution is -2.23. The van der Waals surface area contributed by atoms with Crippen LogP contribution in [0.2, 0.25) is 0 Å². The number of hydrogen-bond acceptors (Lipinski definition) is 0. The zero-order valence-electron chi connectivity index (χ0n) is 3.67. The molecule has 0 aliphatic carbocycles. The van der Waals surface area contributed by atoms with Gasteiger partial charge in [-0.15, -0.1) is 0 Å². The Labute approximate surface area is 71.4 Å². The Morgan fingerprint density at radius 3 is 1.88 bits per heavy atom. The van der Waals surface area contributed by atoms with E-state index in [0.29, 0.717) is 0 Å². The minimum atomic E-state index is -1.98. The first-order valence-electron chi connectivity index (χ1n) is 1.72. The highest BCUT2D eigenvalue weighted by atomic mass is 79.9. The molecule has 0 saturated carbocycles.